The first-order valence-electron chi connectivity index (χ1n) is 6.52. The van der Waals surface area contributed by atoms with Gasteiger partial charge in [0.05, 0.1) is 24.8 Å². The average molecular weight is 274 g/mol. The van der Waals surface area contributed by atoms with Gasteiger partial charge in [0, 0.05) is 26.6 Å². The second-order valence-corrected chi connectivity index (χ2v) is 4.83. The van der Waals surface area contributed by atoms with Crippen molar-refractivity contribution in [1.82, 2.24) is 4.90 Å². The van der Waals surface area contributed by atoms with Gasteiger partial charge in [-0.05, 0) is 11.6 Å². The van der Waals surface area contributed by atoms with E-state index in [2.05, 4.69) is 6.07 Å². The molecule has 0 saturated carbocycles. The fourth-order valence-corrected chi connectivity index (χ4v) is 2.57. The first-order valence-corrected chi connectivity index (χ1v) is 6.52. The van der Waals surface area contributed by atoms with E-state index in [0.717, 1.165) is 5.56 Å². The first kappa shape index (κ1) is 14.5. The van der Waals surface area contributed by atoms with Crippen molar-refractivity contribution in [3.8, 4) is 6.07 Å². The summed E-state index contributed by atoms with van der Waals surface area (Å²) < 4.78 is 10.2. The Balaban J connectivity index is 2.17. The van der Waals surface area contributed by atoms with E-state index >= 15 is 0 Å². The van der Waals surface area contributed by atoms with Gasteiger partial charge in [-0.15, -0.1) is 0 Å². The van der Waals surface area contributed by atoms with Crippen molar-refractivity contribution < 1.29 is 14.3 Å². The predicted octanol–water partition coefficient (Wildman–Crippen LogP) is 1.32. The Morgan fingerprint density at radius 2 is 2.20 bits per heavy atom. The van der Waals surface area contributed by atoms with Crippen LogP contribution in [0.5, 0.6) is 0 Å². The second kappa shape index (κ2) is 6.51. The minimum Gasteiger partial charge on any atom is -0.468 e. The smallest absolute Gasteiger partial charge is 0.323 e. The van der Waals surface area contributed by atoms with Crippen molar-refractivity contribution >= 4 is 5.97 Å². The van der Waals surface area contributed by atoms with Crippen LogP contribution in [-0.2, 0) is 20.8 Å². The Morgan fingerprint density at radius 1 is 1.45 bits per heavy atom. The van der Waals surface area contributed by atoms with Crippen molar-refractivity contribution in [1.29, 1.82) is 5.26 Å². The van der Waals surface area contributed by atoms with Gasteiger partial charge < -0.3 is 9.47 Å². The summed E-state index contributed by atoms with van der Waals surface area (Å²) in [4.78, 5) is 13.9. The predicted molar refractivity (Wildman–Crippen MR) is 72.8 cm³/mol. The highest BCUT2D eigenvalue weighted by Gasteiger charge is 2.37. The molecule has 0 N–H and O–H groups in total. The molecule has 0 aromatic heterocycles. The first-order chi connectivity index (χ1) is 9.69. The summed E-state index contributed by atoms with van der Waals surface area (Å²) in [5, 5.41) is 9.13. The normalized spacial score (nSPS) is 22.4. The van der Waals surface area contributed by atoms with Gasteiger partial charge in [0.25, 0.3) is 0 Å². The minimum atomic E-state index is -0.309. The molecule has 1 aliphatic rings. The van der Waals surface area contributed by atoms with Crippen LogP contribution in [-0.4, -0.2) is 43.8 Å². The highest BCUT2D eigenvalue weighted by Crippen LogP contribution is 2.24. The topological polar surface area (TPSA) is 62.6 Å². The number of methoxy groups -OCH3 is 2. The van der Waals surface area contributed by atoms with Crippen LogP contribution in [0.3, 0.4) is 0 Å². The standard InChI is InChI=1S/C15H18N2O3/c1-19-13-7-14(15(18)20-2)17(10-13)9-12-6-4-3-5-11(12)8-16/h3-6,13-14H,7,9-10H2,1-2H3/t13-,14+/m0/s1. The Kier molecular flexibility index (Phi) is 4.72. The maximum absolute atomic E-state index is 11.8. The van der Waals surface area contributed by atoms with Gasteiger partial charge >= 0.3 is 5.97 Å². The lowest BCUT2D eigenvalue weighted by molar-refractivity contribution is -0.146. The largest absolute Gasteiger partial charge is 0.468 e. The van der Waals surface area contributed by atoms with E-state index in [0.29, 0.717) is 25.1 Å². The Labute approximate surface area is 118 Å². The molecule has 5 heteroatoms. The molecule has 1 aromatic carbocycles. The number of carbonyl (C=O) groups is 1. The summed E-state index contributed by atoms with van der Waals surface area (Å²) >= 11 is 0. The zero-order valence-corrected chi connectivity index (χ0v) is 11.7. The number of nitrogens with zero attached hydrogens (tertiary/aromatic N) is 2. The molecule has 0 amide bonds. The third-order valence-corrected chi connectivity index (χ3v) is 3.68. The number of rotatable bonds is 4. The zero-order chi connectivity index (χ0) is 14.5. The van der Waals surface area contributed by atoms with Gasteiger partial charge in [-0.1, -0.05) is 18.2 Å². The molecular formula is C15H18N2O3. The van der Waals surface area contributed by atoms with Crippen LogP contribution in [0.2, 0.25) is 0 Å². The molecule has 0 radical (unpaired) electrons. The Morgan fingerprint density at radius 3 is 2.85 bits per heavy atom. The molecule has 2 rings (SSSR count). The lowest BCUT2D eigenvalue weighted by Gasteiger charge is -2.22. The summed E-state index contributed by atoms with van der Waals surface area (Å²) in [6, 6.07) is 9.30. The Bertz CT molecular complexity index is 524. The van der Waals surface area contributed by atoms with Gasteiger partial charge in [-0.2, -0.15) is 5.26 Å². The summed E-state index contributed by atoms with van der Waals surface area (Å²) in [5.74, 6) is -0.251. The number of carbonyl (C=O) groups excluding carboxylic acids is 1. The van der Waals surface area contributed by atoms with E-state index in [-0.39, 0.29) is 18.1 Å². The highest BCUT2D eigenvalue weighted by molar-refractivity contribution is 5.76. The summed E-state index contributed by atoms with van der Waals surface area (Å²) in [5.41, 5.74) is 1.55. The van der Waals surface area contributed by atoms with Gasteiger partial charge in [0.15, 0.2) is 0 Å². The molecule has 1 fully saturated rings. The molecule has 1 aliphatic heterocycles. The second-order valence-electron chi connectivity index (χ2n) is 4.83. The highest BCUT2D eigenvalue weighted by atomic mass is 16.5. The summed E-state index contributed by atoms with van der Waals surface area (Å²) in [7, 11) is 3.04. The molecule has 1 heterocycles. The van der Waals surface area contributed by atoms with Gasteiger partial charge in [-0.25, -0.2) is 0 Å². The van der Waals surface area contributed by atoms with Crippen LogP contribution in [0.4, 0.5) is 0 Å². The van der Waals surface area contributed by atoms with Crippen LogP contribution in [0.15, 0.2) is 24.3 Å². The van der Waals surface area contributed by atoms with Gasteiger partial charge in [0.2, 0.25) is 0 Å². The van der Waals surface area contributed by atoms with Crippen LogP contribution < -0.4 is 0 Å². The van der Waals surface area contributed by atoms with E-state index in [9.17, 15) is 4.79 Å². The molecule has 0 aliphatic carbocycles. The maximum atomic E-state index is 11.8. The number of hydrogen-bond donors (Lipinski definition) is 0. The zero-order valence-electron chi connectivity index (χ0n) is 11.7. The number of ether oxygens (including phenoxy) is 2. The third-order valence-electron chi connectivity index (χ3n) is 3.68. The number of hydrogen-bond acceptors (Lipinski definition) is 5. The molecule has 0 bridgehead atoms. The lowest BCUT2D eigenvalue weighted by atomic mass is 10.1. The van der Waals surface area contributed by atoms with E-state index in [1.54, 1.807) is 13.2 Å². The monoisotopic (exact) mass is 274 g/mol. The van der Waals surface area contributed by atoms with Crippen molar-refractivity contribution in [2.75, 3.05) is 20.8 Å². The summed E-state index contributed by atoms with van der Waals surface area (Å²) in [6.45, 7) is 1.21. The molecular weight excluding hydrogens is 256 g/mol. The SMILES string of the molecule is COC(=O)[C@H]1C[C@H](OC)CN1Cc1ccccc1C#N. The Hall–Kier alpha value is -1.90. The molecule has 1 saturated heterocycles. The van der Waals surface area contributed by atoms with E-state index in [1.807, 2.05) is 23.1 Å². The molecule has 20 heavy (non-hydrogen) atoms. The molecule has 2 atom stereocenters. The third kappa shape index (κ3) is 2.98. The van der Waals surface area contributed by atoms with E-state index < -0.39 is 0 Å². The maximum Gasteiger partial charge on any atom is 0.323 e. The molecule has 0 unspecified atom stereocenters. The minimum absolute atomic E-state index is 0.0216. The number of esters is 1. The fourth-order valence-electron chi connectivity index (χ4n) is 2.57. The van der Waals surface area contributed by atoms with Gasteiger partial charge in [0.1, 0.15) is 6.04 Å². The van der Waals surface area contributed by atoms with Crippen molar-refractivity contribution in [2.45, 2.75) is 25.1 Å². The lowest BCUT2D eigenvalue weighted by Crippen LogP contribution is -2.36. The van der Waals surface area contributed by atoms with E-state index in [4.69, 9.17) is 14.7 Å². The summed E-state index contributed by atoms with van der Waals surface area (Å²) in [6.07, 6.45) is 0.645. The molecule has 1 aromatic rings. The molecule has 106 valence electrons. The quantitative estimate of drug-likeness (QED) is 0.775. The van der Waals surface area contributed by atoms with Crippen molar-refractivity contribution in [3.05, 3.63) is 35.4 Å². The van der Waals surface area contributed by atoms with Crippen LogP contribution in [0.1, 0.15) is 17.5 Å². The number of nitriles is 1. The number of likely N-dealkylation sites (tertiary alicyclic amines) is 1. The van der Waals surface area contributed by atoms with Crippen LogP contribution in [0.25, 0.3) is 0 Å². The van der Waals surface area contributed by atoms with E-state index in [1.165, 1.54) is 7.11 Å². The van der Waals surface area contributed by atoms with Gasteiger partial charge in [-0.3, -0.25) is 9.69 Å². The molecule has 5 nitrogen and oxygen atoms in total. The van der Waals surface area contributed by atoms with Crippen LogP contribution >= 0.6 is 0 Å². The van der Waals surface area contributed by atoms with Crippen molar-refractivity contribution in [3.63, 3.8) is 0 Å². The van der Waals surface area contributed by atoms with Crippen molar-refractivity contribution in [2.24, 2.45) is 0 Å². The fraction of sp³-hybridized carbons (Fsp3) is 0.467. The van der Waals surface area contributed by atoms with Crippen LogP contribution in [0, 0.1) is 11.3 Å². The molecule has 0 spiro atoms. The number of benzene rings is 1. The average Bonchev–Trinajstić information content (AvgIpc) is 2.90.